The number of non-ortho nitro benzene ring substituents is 1. The van der Waals surface area contributed by atoms with Crippen LogP contribution in [0.1, 0.15) is 21.5 Å². The van der Waals surface area contributed by atoms with E-state index in [-0.39, 0.29) is 32.3 Å². The van der Waals surface area contributed by atoms with Crippen molar-refractivity contribution in [1.82, 2.24) is 0 Å². The third-order valence-electron chi connectivity index (χ3n) is 4.85. The molecule has 0 fully saturated rings. The van der Waals surface area contributed by atoms with Crippen molar-refractivity contribution < 1.29 is 31.3 Å². The number of sulfone groups is 1. The first kappa shape index (κ1) is 24.9. The number of sulfonamides is 1. The second-order valence-electron chi connectivity index (χ2n) is 7.29. The monoisotopic (exact) mass is 504 g/mol. The molecule has 0 aliphatic heterocycles. The van der Waals surface area contributed by atoms with Gasteiger partial charge in [-0.2, -0.15) is 0 Å². The summed E-state index contributed by atoms with van der Waals surface area (Å²) in [5.74, 6) is -1.32. The van der Waals surface area contributed by atoms with Crippen molar-refractivity contribution in [3.63, 3.8) is 0 Å². The molecule has 0 unspecified atom stereocenters. The standard InChI is InChI=1S/C22H20N2O8S2/c1-15-3-8-19(9-4-15)33(28,29)14-17-13-16(22(25)32-2)5-12-21(17)23-34(30,31)20-10-6-18(7-11-20)24(26)27/h3-13,23H,14H2,1-2H3. The third kappa shape index (κ3) is 5.58. The highest BCUT2D eigenvalue weighted by Crippen LogP contribution is 2.27. The van der Waals surface area contributed by atoms with Crippen LogP contribution in [0.25, 0.3) is 0 Å². The molecule has 1 N–H and O–H groups in total. The zero-order valence-electron chi connectivity index (χ0n) is 18.1. The van der Waals surface area contributed by atoms with E-state index in [2.05, 4.69) is 9.46 Å². The molecule has 0 aliphatic carbocycles. The van der Waals surface area contributed by atoms with Crippen molar-refractivity contribution in [3.8, 4) is 0 Å². The molecular weight excluding hydrogens is 484 g/mol. The minimum Gasteiger partial charge on any atom is -0.465 e. The molecule has 0 spiro atoms. The first-order chi connectivity index (χ1) is 15.9. The summed E-state index contributed by atoms with van der Waals surface area (Å²) in [6.45, 7) is 1.81. The Morgan fingerprint density at radius 1 is 0.941 bits per heavy atom. The Balaban J connectivity index is 2.02. The summed E-state index contributed by atoms with van der Waals surface area (Å²) in [4.78, 5) is 21.9. The van der Waals surface area contributed by atoms with Gasteiger partial charge in [0.15, 0.2) is 9.84 Å². The van der Waals surface area contributed by atoms with Crippen molar-refractivity contribution in [2.75, 3.05) is 11.8 Å². The van der Waals surface area contributed by atoms with Crippen LogP contribution in [0.2, 0.25) is 0 Å². The maximum absolute atomic E-state index is 13.0. The van der Waals surface area contributed by atoms with Crippen LogP contribution in [0.4, 0.5) is 11.4 Å². The molecular formula is C22H20N2O8S2. The fourth-order valence-electron chi connectivity index (χ4n) is 3.04. The molecule has 3 rings (SSSR count). The Morgan fingerprint density at radius 3 is 2.09 bits per heavy atom. The molecule has 0 radical (unpaired) electrons. The number of methoxy groups -OCH3 is 1. The van der Waals surface area contributed by atoms with E-state index >= 15 is 0 Å². The first-order valence-electron chi connectivity index (χ1n) is 9.71. The first-order valence-corrected chi connectivity index (χ1v) is 12.8. The lowest BCUT2D eigenvalue weighted by Crippen LogP contribution is -2.16. The number of nitrogens with zero attached hydrogens (tertiary/aromatic N) is 1. The van der Waals surface area contributed by atoms with Crippen LogP contribution in [0.15, 0.2) is 76.5 Å². The van der Waals surface area contributed by atoms with Gasteiger partial charge < -0.3 is 4.74 Å². The van der Waals surface area contributed by atoms with Gasteiger partial charge in [0.05, 0.1) is 38.8 Å². The van der Waals surface area contributed by atoms with E-state index in [0.29, 0.717) is 0 Å². The van der Waals surface area contributed by atoms with E-state index in [4.69, 9.17) is 0 Å². The fraction of sp³-hybridized carbons (Fsp3) is 0.136. The van der Waals surface area contributed by atoms with Gasteiger partial charge in [-0.3, -0.25) is 14.8 Å². The molecule has 3 aromatic rings. The molecule has 0 saturated carbocycles. The van der Waals surface area contributed by atoms with Gasteiger partial charge in [-0.15, -0.1) is 0 Å². The lowest BCUT2D eigenvalue weighted by atomic mass is 10.1. The number of carbonyl (C=O) groups excluding carboxylic acids is 1. The molecule has 0 bridgehead atoms. The van der Waals surface area contributed by atoms with Crippen molar-refractivity contribution in [1.29, 1.82) is 0 Å². The smallest absolute Gasteiger partial charge is 0.337 e. The summed E-state index contributed by atoms with van der Waals surface area (Å²) < 4.78 is 58.7. The van der Waals surface area contributed by atoms with Crippen LogP contribution in [0.3, 0.4) is 0 Å². The molecule has 0 atom stereocenters. The maximum Gasteiger partial charge on any atom is 0.337 e. The summed E-state index contributed by atoms with van der Waals surface area (Å²) in [5.41, 5.74) is 0.569. The Kier molecular flexibility index (Phi) is 7.03. The van der Waals surface area contributed by atoms with Crippen LogP contribution in [-0.4, -0.2) is 34.8 Å². The van der Waals surface area contributed by atoms with Crippen molar-refractivity contribution in [2.24, 2.45) is 0 Å². The normalized spacial score (nSPS) is 11.6. The lowest BCUT2D eigenvalue weighted by Gasteiger charge is -2.14. The molecule has 178 valence electrons. The summed E-state index contributed by atoms with van der Waals surface area (Å²) in [6, 6.07) is 14.1. The number of aryl methyl sites for hydroxylation is 1. The predicted molar refractivity (Wildman–Crippen MR) is 124 cm³/mol. The Labute approximate surface area is 196 Å². The van der Waals surface area contributed by atoms with Gasteiger partial charge in [-0.25, -0.2) is 21.6 Å². The molecule has 0 amide bonds. The number of hydrogen-bond acceptors (Lipinski definition) is 8. The molecule has 0 aliphatic rings. The lowest BCUT2D eigenvalue weighted by molar-refractivity contribution is -0.384. The van der Waals surface area contributed by atoms with E-state index in [1.807, 2.05) is 0 Å². The molecule has 0 aromatic heterocycles. The second-order valence-corrected chi connectivity index (χ2v) is 11.0. The van der Waals surface area contributed by atoms with E-state index in [1.165, 1.54) is 30.3 Å². The van der Waals surface area contributed by atoms with Gasteiger partial charge in [0, 0.05) is 12.1 Å². The minimum absolute atomic E-state index is 0.0222. The summed E-state index contributed by atoms with van der Waals surface area (Å²) in [6.07, 6.45) is 0. The highest BCUT2D eigenvalue weighted by Gasteiger charge is 2.23. The zero-order chi connectivity index (χ0) is 25.1. The van der Waals surface area contributed by atoms with Crippen LogP contribution < -0.4 is 4.72 Å². The van der Waals surface area contributed by atoms with Crippen LogP contribution in [0, 0.1) is 17.0 Å². The van der Waals surface area contributed by atoms with Gasteiger partial charge in [0.2, 0.25) is 0 Å². The summed E-state index contributed by atoms with van der Waals surface area (Å²) in [7, 11) is -6.96. The Morgan fingerprint density at radius 2 is 1.53 bits per heavy atom. The minimum atomic E-state index is -4.23. The van der Waals surface area contributed by atoms with Crippen molar-refractivity contribution in [3.05, 3.63) is 93.5 Å². The quantitative estimate of drug-likeness (QED) is 0.278. The van der Waals surface area contributed by atoms with E-state index < -0.39 is 36.5 Å². The van der Waals surface area contributed by atoms with Gasteiger partial charge in [-0.05, 0) is 55.0 Å². The van der Waals surface area contributed by atoms with E-state index in [9.17, 15) is 31.7 Å². The summed E-state index contributed by atoms with van der Waals surface area (Å²) >= 11 is 0. The number of anilines is 1. The SMILES string of the molecule is COC(=O)c1ccc(NS(=O)(=O)c2ccc([N+](=O)[O-])cc2)c(CS(=O)(=O)c2ccc(C)cc2)c1. The number of rotatable bonds is 8. The number of hydrogen-bond donors (Lipinski definition) is 1. The molecule has 3 aromatic carbocycles. The number of nitrogens with one attached hydrogen (secondary N) is 1. The average Bonchev–Trinajstić information content (AvgIpc) is 2.79. The fourth-order valence-corrected chi connectivity index (χ4v) is 5.51. The van der Waals surface area contributed by atoms with Crippen LogP contribution in [-0.2, 0) is 30.4 Å². The molecule has 12 heteroatoms. The van der Waals surface area contributed by atoms with E-state index in [0.717, 1.165) is 36.9 Å². The molecule has 0 saturated heterocycles. The number of nitro benzene ring substituents is 1. The predicted octanol–water partition coefficient (Wildman–Crippen LogP) is 3.46. The summed E-state index contributed by atoms with van der Waals surface area (Å²) in [5, 5.41) is 10.8. The maximum atomic E-state index is 13.0. The largest absolute Gasteiger partial charge is 0.465 e. The third-order valence-corrected chi connectivity index (χ3v) is 7.92. The van der Waals surface area contributed by atoms with Gasteiger partial charge in [0.1, 0.15) is 0 Å². The van der Waals surface area contributed by atoms with Crippen molar-refractivity contribution >= 4 is 37.2 Å². The van der Waals surface area contributed by atoms with Gasteiger partial charge in [0.25, 0.3) is 15.7 Å². The number of benzene rings is 3. The van der Waals surface area contributed by atoms with Gasteiger partial charge in [-0.1, -0.05) is 17.7 Å². The molecule has 10 nitrogen and oxygen atoms in total. The zero-order valence-corrected chi connectivity index (χ0v) is 19.7. The number of nitro groups is 1. The average molecular weight is 505 g/mol. The molecule has 0 heterocycles. The highest BCUT2D eigenvalue weighted by molar-refractivity contribution is 7.92. The number of ether oxygens (including phenoxy) is 1. The molecule has 34 heavy (non-hydrogen) atoms. The van der Waals surface area contributed by atoms with Crippen molar-refractivity contribution in [2.45, 2.75) is 22.5 Å². The highest BCUT2D eigenvalue weighted by atomic mass is 32.2. The topological polar surface area (TPSA) is 150 Å². The van der Waals surface area contributed by atoms with Gasteiger partial charge >= 0.3 is 5.97 Å². The van der Waals surface area contributed by atoms with Crippen LogP contribution in [0.5, 0.6) is 0 Å². The van der Waals surface area contributed by atoms with E-state index in [1.54, 1.807) is 19.1 Å². The Hall–Kier alpha value is -3.77. The number of carbonyl (C=O) groups is 1. The Bertz CT molecular complexity index is 1450. The second kappa shape index (κ2) is 9.61. The number of esters is 1. The van der Waals surface area contributed by atoms with Crippen LogP contribution >= 0.6 is 0 Å².